The number of carbonyl (C=O) groups is 1. The van der Waals surface area contributed by atoms with Crippen molar-refractivity contribution in [1.82, 2.24) is 10.2 Å². The molecule has 21 heavy (non-hydrogen) atoms. The van der Waals surface area contributed by atoms with Gasteiger partial charge in [-0.15, -0.1) is 0 Å². The van der Waals surface area contributed by atoms with Crippen molar-refractivity contribution < 1.29 is 4.79 Å². The van der Waals surface area contributed by atoms with Crippen molar-refractivity contribution in [3.8, 4) is 0 Å². The SMILES string of the molecule is CC(C(=O)NCCCN1CCCC1)C(N)c1ccccc1. The number of hydrogen-bond acceptors (Lipinski definition) is 3. The van der Waals surface area contributed by atoms with Crippen LogP contribution in [0.1, 0.15) is 37.8 Å². The molecule has 1 aromatic rings. The van der Waals surface area contributed by atoms with Crippen LogP contribution < -0.4 is 11.1 Å². The molecule has 2 atom stereocenters. The smallest absolute Gasteiger partial charge is 0.224 e. The molecule has 0 aromatic heterocycles. The third kappa shape index (κ3) is 4.83. The van der Waals surface area contributed by atoms with Gasteiger partial charge < -0.3 is 16.0 Å². The number of likely N-dealkylation sites (tertiary alicyclic amines) is 1. The van der Waals surface area contributed by atoms with Crippen LogP contribution in [0, 0.1) is 5.92 Å². The van der Waals surface area contributed by atoms with Crippen LogP contribution in [0.2, 0.25) is 0 Å². The lowest BCUT2D eigenvalue weighted by Gasteiger charge is -2.20. The highest BCUT2D eigenvalue weighted by atomic mass is 16.1. The maximum atomic E-state index is 12.1. The molecule has 4 heteroatoms. The molecular weight excluding hydrogens is 262 g/mol. The van der Waals surface area contributed by atoms with Gasteiger partial charge in [-0.25, -0.2) is 0 Å². The van der Waals surface area contributed by atoms with Gasteiger partial charge in [0.05, 0.1) is 5.92 Å². The second-order valence-electron chi connectivity index (χ2n) is 5.92. The van der Waals surface area contributed by atoms with Crippen molar-refractivity contribution in [3.05, 3.63) is 35.9 Å². The largest absolute Gasteiger partial charge is 0.356 e. The first-order valence-corrected chi connectivity index (χ1v) is 7.99. The zero-order valence-corrected chi connectivity index (χ0v) is 12.9. The van der Waals surface area contributed by atoms with Crippen molar-refractivity contribution in [2.24, 2.45) is 11.7 Å². The summed E-state index contributed by atoms with van der Waals surface area (Å²) in [5.74, 6) is -0.160. The molecular formula is C17H27N3O. The van der Waals surface area contributed by atoms with E-state index in [9.17, 15) is 4.79 Å². The van der Waals surface area contributed by atoms with Gasteiger partial charge in [-0.2, -0.15) is 0 Å². The number of carbonyl (C=O) groups excluding carboxylic acids is 1. The maximum absolute atomic E-state index is 12.1. The molecule has 116 valence electrons. The van der Waals surface area contributed by atoms with Crippen LogP contribution in [0.4, 0.5) is 0 Å². The highest BCUT2D eigenvalue weighted by Crippen LogP contribution is 2.18. The second kappa shape index (κ2) is 8.15. The van der Waals surface area contributed by atoms with Gasteiger partial charge in [0, 0.05) is 12.6 Å². The maximum Gasteiger partial charge on any atom is 0.224 e. The third-order valence-electron chi connectivity index (χ3n) is 4.29. The van der Waals surface area contributed by atoms with Gasteiger partial charge >= 0.3 is 0 Å². The quantitative estimate of drug-likeness (QED) is 0.754. The molecule has 2 rings (SSSR count). The molecule has 4 nitrogen and oxygen atoms in total. The lowest BCUT2D eigenvalue weighted by atomic mass is 9.95. The fraction of sp³-hybridized carbons (Fsp3) is 0.588. The predicted octanol–water partition coefficient (Wildman–Crippen LogP) is 1.92. The minimum atomic E-state index is -0.246. The summed E-state index contributed by atoms with van der Waals surface area (Å²) in [4.78, 5) is 14.6. The Kier molecular flexibility index (Phi) is 6.21. The molecule has 1 aromatic carbocycles. The Morgan fingerprint density at radius 2 is 1.95 bits per heavy atom. The summed E-state index contributed by atoms with van der Waals surface area (Å²) in [7, 11) is 0. The van der Waals surface area contributed by atoms with Crippen LogP contribution in [0.15, 0.2) is 30.3 Å². The Balaban J connectivity index is 1.69. The van der Waals surface area contributed by atoms with Crippen LogP contribution in [0.25, 0.3) is 0 Å². The number of rotatable bonds is 7. The monoisotopic (exact) mass is 289 g/mol. The number of nitrogens with two attached hydrogens (primary N) is 1. The van der Waals surface area contributed by atoms with Gasteiger partial charge in [0.2, 0.25) is 5.91 Å². The molecule has 2 unspecified atom stereocenters. The Morgan fingerprint density at radius 3 is 2.62 bits per heavy atom. The first-order chi connectivity index (χ1) is 10.2. The normalized spacial score (nSPS) is 18.4. The van der Waals surface area contributed by atoms with E-state index in [2.05, 4.69) is 10.2 Å². The standard InChI is InChI=1S/C17H27N3O/c1-14(16(18)15-8-3-2-4-9-15)17(21)19-10-7-13-20-11-5-6-12-20/h2-4,8-9,14,16H,5-7,10-13,18H2,1H3,(H,19,21). The number of nitrogens with zero attached hydrogens (tertiary/aromatic N) is 1. The highest BCUT2D eigenvalue weighted by molar-refractivity contribution is 5.79. The highest BCUT2D eigenvalue weighted by Gasteiger charge is 2.21. The van der Waals surface area contributed by atoms with E-state index in [4.69, 9.17) is 5.73 Å². The molecule has 0 radical (unpaired) electrons. The average Bonchev–Trinajstić information content (AvgIpc) is 3.04. The van der Waals surface area contributed by atoms with E-state index < -0.39 is 0 Å². The summed E-state index contributed by atoms with van der Waals surface area (Å²) in [6.07, 6.45) is 3.64. The molecule has 0 saturated carbocycles. The van der Waals surface area contributed by atoms with E-state index >= 15 is 0 Å². The van der Waals surface area contributed by atoms with Crippen LogP contribution in [0.3, 0.4) is 0 Å². The number of hydrogen-bond donors (Lipinski definition) is 2. The van der Waals surface area contributed by atoms with Gasteiger partial charge in [-0.3, -0.25) is 4.79 Å². The Bertz CT molecular complexity index is 429. The van der Waals surface area contributed by atoms with E-state index in [0.717, 1.165) is 25.1 Å². The van der Waals surface area contributed by atoms with E-state index in [0.29, 0.717) is 0 Å². The van der Waals surface area contributed by atoms with E-state index in [1.165, 1.54) is 25.9 Å². The molecule has 0 aliphatic carbocycles. The summed E-state index contributed by atoms with van der Waals surface area (Å²) in [6.45, 7) is 6.14. The lowest BCUT2D eigenvalue weighted by Crippen LogP contribution is -2.36. The zero-order valence-electron chi connectivity index (χ0n) is 12.9. The van der Waals surface area contributed by atoms with Crippen molar-refractivity contribution in [2.75, 3.05) is 26.2 Å². The molecule has 3 N–H and O–H groups in total. The summed E-state index contributed by atoms with van der Waals surface area (Å²) < 4.78 is 0. The number of amides is 1. The van der Waals surface area contributed by atoms with Crippen molar-refractivity contribution >= 4 is 5.91 Å². The molecule has 1 amide bonds. The zero-order chi connectivity index (χ0) is 15.1. The van der Waals surface area contributed by atoms with E-state index in [1.54, 1.807) is 0 Å². The van der Waals surface area contributed by atoms with Gasteiger partial charge in [-0.1, -0.05) is 37.3 Å². The van der Waals surface area contributed by atoms with E-state index in [1.807, 2.05) is 37.3 Å². The fourth-order valence-electron chi connectivity index (χ4n) is 2.81. The summed E-state index contributed by atoms with van der Waals surface area (Å²) >= 11 is 0. The molecule has 0 bridgehead atoms. The average molecular weight is 289 g/mol. The molecule has 0 spiro atoms. The van der Waals surface area contributed by atoms with Crippen LogP contribution in [-0.2, 0) is 4.79 Å². The molecule has 1 aliphatic heterocycles. The summed E-state index contributed by atoms with van der Waals surface area (Å²) in [6, 6.07) is 9.57. The van der Waals surface area contributed by atoms with Crippen LogP contribution in [-0.4, -0.2) is 37.0 Å². The molecule has 1 heterocycles. The van der Waals surface area contributed by atoms with Crippen molar-refractivity contribution in [3.63, 3.8) is 0 Å². The number of benzene rings is 1. The molecule has 1 aliphatic rings. The minimum absolute atomic E-state index is 0.0489. The van der Waals surface area contributed by atoms with Crippen molar-refractivity contribution in [1.29, 1.82) is 0 Å². The van der Waals surface area contributed by atoms with Gasteiger partial charge in [0.1, 0.15) is 0 Å². The third-order valence-corrected chi connectivity index (χ3v) is 4.29. The van der Waals surface area contributed by atoms with Gasteiger partial charge in [0.25, 0.3) is 0 Å². The summed E-state index contributed by atoms with van der Waals surface area (Å²) in [5, 5.41) is 3.01. The molecule has 1 saturated heterocycles. The fourth-order valence-corrected chi connectivity index (χ4v) is 2.81. The minimum Gasteiger partial charge on any atom is -0.356 e. The van der Waals surface area contributed by atoms with E-state index in [-0.39, 0.29) is 17.9 Å². The lowest BCUT2D eigenvalue weighted by molar-refractivity contribution is -0.125. The first kappa shape index (κ1) is 16.0. The Morgan fingerprint density at radius 1 is 1.29 bits per heavy atom. The topological polar surface area (TPSA) is 58.4 Å². The van der Waals surface area contributed by atoms with Crippen LogP contribution >= 0.6 is 0 Å². The Hall–Kier alpha value is -1.39. The van der Waals surface area contributed by atoms with Crippen LogP contribution in [0.5, 0.6) is 0 Å². The Labute approximate surface area is 127 Å². The number of nitrogens with one attached hydrogen (secondary N) is 1. The van der Waals surface area contributed by atoms with Gasteiger partial charge in [0.15, 0.2) is 0 Å². The second-order valence-corrected chi connectivity index (χ2v) is 5.92. The first-order valence-electron chi connectivity index (χ1n) is 7.99. The predicted molar refractivity (Wildman–Crippen MR) is 85.8 cm³/mol. The van der Waals surface area contributed by atoms with Crippen molar-refractivity contribution in [2.45, 2.75) is 32.2 Å². The summed E-state index contributed by atoms with van der Waals surface area (Å²) in [5.41, 5.74) is 7.19. The molecule has 1 fully saturated rings. The van der Waals surface area contributed by atoms with Gasteiger partial charge in [-0.05, 0) is 44.5 Å².